The fraction of sp³-hybridized carbons (Fsp3) is 0.577. The second kappa shape index (κ2) is 8.68. The van der Waals surface area contributed by atoms with Crippen LogP contribution in [0.2, 0.25) is 0 Å². The minimum atomic E-state index is -4.43. The molecule has 35 heavy (non-hydrogen) atoms. The zero-order chi connectivity index (χ0) is 25.0. The van der Waals surface area contributed by atoms with E-state index in [1.165, 1.54) is 12.1 Å². The Bertz CT molecular complexity index is 1130. The zero-order valence-corrected chi connectivity index (χ0v) is 19.7. The van der Waals surface area contributed by atoms with Crippen LogP contribution in [0.15, 0.2) is 30.5 Å². The maximum Gasteiger partial charge on any atom is 0.416 e. The molecule has 1 atom stereocenters. The van der Waals surface area contributed by atoms with Crippen LogP contribution in [0, 0.1) is 5.92 Å². The standard InChI is InChI=1S/C26H30F3N3O3/c1-25(11-12-25)22-20(14-30-32(22)18-8-6-16(7-9-18)24(34)35)23(33)31-13-10-17(15-31)19-4-2-3-5-21(19)26(27,28)29/h2-5,14,16-18H,6-13,15H2,1H3,(H,34,35)/t16-,17?,18+. The first kappa shape index (κ1) is 23.9. The number of likely N-dealkylation sites (tertiary alicyclic amines) is 1. The maximum absolute atomic E-state index is 13.6. The van der Waals surface area contributed by atoms with Crippen molar-refractivity contribution in [1.29, 1.82) is 0 Å². The molecule has 1 N–H and O–H groups in total. The maximum atomic E-state index is 13.6. The van der Waals surface area contributed by atoms with Crippen LogP contribution in [-0.2, 0) is 16.4 Å². The molecule has 6 nitrogen and oxygen atoms in total. The lowest BCUT2D eigenvalue weighted by atomic mass is 9.85. The molecule has 2 saturated carbocycles. The van der Waals surface area contributed by atoms with Gasteiger partial charge in [0.2, 0.25) is 0 Å². The largest absolute Gasteiger partial charge is 0.481 e. The van der Waals surface area contributed by atoms with Crippen molar-refractivity contribution in [3.63, 3.8) is 0 Å². The van der Waals surface area contributed by atoms with Crippen molar-refractivity contribution in [3.8, 4) is 0 Å². The van der Waals surface area contributed by atoms with Gasteiger partial charge in [0, 0.05) is 24.4 Å². The molecule has 9 heteroatoms. The predicted octanol–water partition coefficient (Wildman–Crippen LogP) is 5.40. The predicted molar refractivity (Wildman–Crippen MR) is 122 cm³/mol. The number of carboxylic acid groups (broad SMARTS) is 1. The first-order valence-electron chi connectivity index (χ1n) is 12.3. The lowest BCUT2D eigenvalue weighted by Crippen LogP contribution is -2.31. The van der Waals surface area contributed by atoms with Crippen molar-refractivity contribution >= 4 is 11.9 Å². The number of halogens is 3. The fourth-order valence-electron chi connectivity index (χ4n) is 5.87. The number of alkyl halides is 3. The van der Waals surface area contributed by atoms with Crippen molar-refractivity contribution in [2.45, 2.75) is 75.4 Å². The molecular weight excluding hydrogens is 459 g/mol. The van der Waals surface area contributed by atoms with E-state index < -0.39 is 17.7 Å². The van der Waals surface area contributed by atoms with E-state index in [0.717, 1.165) is 24.6 Å². The van der Waals surface area contributed by atoms with Crippen molar-refractivity contribution in [2.24, 2.45) is 5.92 Å². The number of rotatable bonds is 5. The fourth-order valence-corrected chi connectivity index (χ4v) is 5.87. The Morgan fingerprint density at radius 2 is 1.77 bits per heavy atom. The van der Waals surface area contributed by atoms with Gasteiger partial charge in [-0.1, -0.05) is 25.1 Å². The smallest absolute Gasteiger partial charge is 0.416 e. The summed E-state index contributed by atoms with van der Waals surface area (Å²) in [7, 11) is 0. The molecule has 1 saturated heterocycles. The summed E-state index contributed by atoms with van der Waals surface area (Å²) in [5, 5.41) is 13.9. The summed E-state index contributed by atoms with van der Waals surface area (Å²) in [6.45, 7) is 2.77. The first-order valence-corrected chi connectivity index (χ1v) is 12.3. The molecule has 188 valence electrons. The van der Waals surface area contributed by atoms with Gasteiger partial charge in [-0.2, -0.15) is 18.3 Å². The van der Waals surface area contributed by atoms with Crippen molar-refractivity contribution in [3.05, 3.63) is 52.8 Å². The number of carbonyl (C=O) groups excluding carboxylic acids is 1. The summed E-state index contributed by atoms with van der Waals surface area (Å²) in [5.74, 6) is -1.63. The molecule has 3 aliphatic rings. The van der Waals surface area contributed by atoms with E-state index in [2.05, 4.69) is 12.0 Å². The van der Waals surface area contributed by atoms with Crippen LogP contribution in [0.4, 0.5) is 13.2 Å². The molecule has 1 aromatic carbocycles. The van der Waals surface area contributed by atoms with E-state index in [0.29, 0.717) is 44.2 Å². The highest BCUT2D eigenvalue weighted by Gasteiger charge is 2.47. The Balaban J connectivity index is 1.37. The van der Waals surface area contributed by atoms with Crippen LogP contribution in [0.5, 0.6) is 0 Å². The van der Waals surface area contributed by atoms with E-state index in [4.69, 9.17) is 0 Å². The van der Waals surface area contributed by atoms with Gasteiger partial charge in [0.1, 0.15) is 0 Å². The number of carboxylic acids is 1. The molecule has 2 aromatic rings. The molecule has 5 rings (SSSR count). The van der Waals surface area contributed by atoms with E-state index >= 15 is 0 Å². The highest BCUT2D eigenvalue weighted by Crippen LogP contribution is 2.50. The zero-order valence-electron chi connectivity index (χ0n) is 19.7. The van der Waals surface area contributed by atoms with Crippen LogP contribution in [0.25, 0.3) is 0 Å². The van der Waals surface area contributed by atoms with Gasteiger partial charge in [-0.15, -0.1) is 0 Å². The van der Waals surface area contributed by atoms with Crippen LogP contribution >= 0.6 is 0 Å². The highest BCUT2D eigenvalue weighted by molar-refractivity contribution is 5.96. The molecule has 1 unspecified atom stereocenters. The van der Waals surface area contributed by atoms with E-state index in [9.17, 15) is 27.9 Å². The average Bonchev–Trinajstić information content (AvgIpc) is 3.24. The number of carbonyl (C=O) groups is 2. The lowest BCUT2D eigenvalue weighted by Gasteiger charge is -2.29. The second-order valence-electron chi connectivity index (χ2n) is 10.6. The normalized spacial score (nSPS) is 26.1. The number of benzene rings is 1. The van der Waals surface area contributed by atoms with Gasteiger partial charge in [0.25, 0.3) is 5.91 Å². The number of aromatic nitrogens is 2. The summed E-state index contributed by atoms with van der Waals surface area (Å²) in [4.78, 5) is 26.6. The van der Waals surface area contributed by atoms with Gasteiger partial charge in [-0.3, -0.25) is 14.3 Å². The molecule has 1 amide bonds. The number of aliphatic carboxylic acids is 1. The molecule has 3 fully saturated rings. The molecule has 0 bridgehead atoms. The van der Waals surface area contributed by atoms with Gasteiger partial charge in [0.15, 0.2) is 0 Å². The van der Waals surface area contributed by atoms with Crippen LogP contribution in [0.3, 0.4) is 0 Å². The number of nitrogens with zero attached hydrogens (tertiary/aromatic N) is 3. The van der Waals surface area contributed by atoms with Crippen LogP contribution in [-0.4, -0.2) is 44.8 Å². The number of hydrogen-bond acceptors (Lipinski definition) is 3. The topological polar surface area (TPSA) is 75.4 Å². The Labute approximate surface area is 202 Å². The molecular formula is C26H30F3N3O3. The first-order chi connectivity index (χ1) is 16.6. The van der Waals surface area contributed by atoms with Gasteiger partial charge in [-0.05, 0) is 56.6 Å². The highest BCUT2D eigenvalue weighted by atomic mass is 19.4. The third-order valence-corrected chi connectivity index (χ3v) is 8.17. The molecule has 0 radical (unpaired) electrons. The molecule has 2 aliphatic carbocycles. The Morgan fingerprint density at radius 1 is 1.09 bits per heavy atom. The minimum Gasteiger partial charge on any atom is -0.481 e. The summed E-state index contributed by atoms with van der Waals surface area (Å²) in [6.07, 6.45) is 2.15. The van der Waals surface area contributed by atoms with Gasteiger partial charge < -0.3 is 10.0 Å². The summed E-state index contributed by atoms with van der Waals surface area (Å²) < 4.78 is 42.6. The molecule has 0 spiro atoms. The average molecular weight is 490 g/mol. The Hall–Kier alpha value is -2.84. The van der Waals surface area contributed by atoms with Gasteiger partial charge >= 0.3 is 12.1 Å². The summed E-state index contributed by atoms with van der Waals surface area (Å²) >= 11 is 0. The molecule has 2 heterocycles. The molecule has 1 aliphatic heterocycles. The Kier molecular flexibility index (Phi) is 5.92. The Morgan fingerprint density at radius 3 is 2.40 bits per heavy atom. The van der Waals surface area contributed by atoms with Crippen molar-refractivity contribution in [1.82, 2.24) is 14.7 Å². The monoisotopic (exact) mass is 489 g/mol. The summed E-state index contributed by atoms with van der Waals surface area (Å²) in [5.41, 5.74) is 0.911. The summed E-state index contributed by atoms with van der Waals surface area (Å²) in [6, 6.07) is 5.69. The van der Waals surface area contributed by atoms with Crippen molar-refractivity contribution in [2.75, 3.05) is 13.1 Å². The SMILES string of the molecule is CC1(c2c(C(=O)N3CCC(c4ccccc4C(F)(F)F)C3)cnn2[C@H]2CC[C@@H](C(=O)O)CC2)CC1. The van der Waals surface area contributed by atoms with Gasteiger partial charge in [0.05, 0.1) is 35.0 Å². The third-order valence-electron chi connectivity index (χ3n) is 8.17. The lowest BCUT2D eigenvalue weighted by molar-refractivity contribution is -0.143. The van der Waals surface area contributed by atoms with E-state index in [1.54, 1.807) is 17.2 Å². The quantitative estimate of drug-likeness (QED) is 0.610. The van der Waals surface area contributed by atoms with Crippen LogP contribution in [0.1, 0.15) is 91.0 Å². The number of hydrogen-bond donors (Lipinski definition) is 1. The minimum absolute atomic E-state index is 0.0598. The van der Waals surface area contributed by atoms with Crippen molar-refractivity contribution < 1.29 is 27.9 Å². The number of amides is 1. The molecule has 1 aromatic heterocycles. The van der Waals surface area contributed by atoms with E-state index in [1.807, 2.05) is 4.68 Å². The third kappa shape index (κ3) is 4.45. The van der Waals surface area contributed by atoms with Gasteiger partial charge in [-0.25, -0.2) is 0 Å². The van der Waals surface area contributed by atoms with E-state index in [-0.39, 0.29) is 41.3 Å². The second-order valence-corrected chi connectivity index (χ2v) is 10.6. The van der Waals surface area contributed by atoms with Crippen LogP contribution < -0.4 is 0 Å².